The van der Waals surface area contributed by atoms with E-state index in [1.807, 2.05) is 48.5 Å². The minimum atomic E-state index is 0.860. The molecule has 0 fully saturated rings. The van der Waals surface area contributed by atoms with Gasteiger partial charge < -0.3 is 0 Å². The molecule has 2 aromatic carbocycles. The number of rotatable bonds is 4. The zero-order valence-electron chi connectivity index (χ0n) is 11.6. The Morgan fingerprint density at radius 3 is 1.25 bits per heavy atom. The molecule has 0 atom stereocenters. The average Bonchev–Trinajstić information content (AvgIpc) is 2.49. The van der Waals surface area contributed by atoms with Gasteiger partial charge in [-0.3, -0.25) is 0 Å². The second-order valence-electron chi connectivity index (χ2n) is 4.12. The van der Waals surface area contributed by atoms with Crippen LogP contribution in [0.15, 0.2) is 69.0 Å². The highest BCUT2D eigenvalue weighted by molar-refractivity contribution is 5.70. The highest BCUT2D eigenvalue weighted by Crippen LogP contribution is 2.17. The lowest BCUT2D eigenvalue weighted by Gasteiger charge is -1.96. The Bertz CT molecular complexity index is 565. The van der Waals surface area contributed by atoms with Crippen LogP contribution in [0, 0.1) is 0 Å². The molecule has 4 heteroatoms. The van der Waals surface area contributed by atoms with Gasteiger partial charge in [-0.25, -0.2) is 0 Å². The summed E-state index contributed by atoms with van der Waals surface area (Å²) < 4.78 is 0. The van der Waals surface area contributed by atoms with Crippen molar-refractivity contribution in [3.63, 3.8) is 0 Å². The van der Waals surface area contributed by atoms with Gasteiger partial charge in [0.15, 0.2) is 0 Å². The summed E-state index contributed by atoms with van der Waals surface area (Å²) in [5.41, 5.74) is 3.97. The quantitative estimate of drug-likeness (QED) is 0.532. The van der Waals surface area contributed by atoms with E-state index in [9.17, 15) is 0 Å². The molecule has 0 saturated carbocycles. The molecule has 0 aromatic heterocycles. The van der Waals surface area contributed by atoms with Crippen molar-refractivity contribution in [2.75, 3.05) is 14.1 Å². The van der Waals surface area contributed by atoms with Crippen LogP contribution in [0.3, 0.4) is 0 Å². The van der Waals surface area contributed by atoms with E-state index in [4.69, 9.17) is 0 Å². The fraction of sp³-hybridized carbons (Fsp3) is 0.125. The Morgan fingerprint density at radius 1 is 0.600 bits per heavy atom. The first-order valence-electron chi connectivity index (χ1n) is 6.30. The Labute approximate surface area is 118 Å². The third kappa shape index (κ3) is 3.95. The van der Waals surface area contributed by atoms with Crippen LogP contribution in [-0.4, -0.2) is 14.1 Å². The number of benzene rings is 2. The summed E-state index contributed by atoms with van der Waals surface area (Å²) >= 11 is 0. The van der Waals surface area contributed by atoms with E-state index in [1.54, 1.807) is 14.1 Å². The lowest BCUT2D eigenvalue weighted by molar-refractivity contribution is 1.17. The Hall–Kier alpha value is -2.62. The predicted octanol–water partition coefficient (Wildman–Crippen LogP) is 5.28. The van der Waals surface area contributed by atoms with Crippen LogP contribution < -0.4 is 0 Å². The molecule has 0 bridgehead atoms. The van der Waals surface area contributed by atoms with E-state index in [-0.39, 0.29) is 0 Å². The molecule has 0 aliphatic carbocycles. The summed E-state index contributed by atoms with van der Waals surface area (Å²) in [4.78, 5) is 0. The molecule has 0 radical (unpaired) electrons. The van der Waals surface area contributed by atoms with Crippen molar-refractivity contribution in [3.8, 4) is 0 Å². The van der Waals surface area contributed by atoms with Crippen LogP contribution in [0.1, 0.15) is 11.1 Å². The number of hydrogen-bond acceptors (Lipinski definition) is 4. The van der Waals surface area contributed by atoms with E-state index >= 15 is 0 Å². The molecule has 4 nitrogen and oxygen atoms in total. The number of azo groups is 2. The molecule has 100 valence electrons. The zero-order chi connectivity index (χ0) is 14.2. The van der Waals surface area contributed by atoms with Gasteiger partial charge in [0.05, 0.1) is 11.4 Å². The van der Waals surface area contributed by atoms with Crippen molar-refractivity contribution >= 4 is 23.5 Å². The van der Waals surface area contributed by atoms with Crippen LogP contribution >= 0.6 is 0 Å². The van der Waals surface area contributed by atoms with Crippen LogP contribution in [0.4, 0.5) is 11.4 Å². The van der Waals surface area contributed by atoms with Crippen molar-refractivity contribution in [1.29, 1.82) is 0 Å². The average molecular weight is 264 g/mol. The molecule has 0 aliphatic heterocycles. The van der Waals surface area contributed by atoms with E-state index < -0.39 is 0 Å². The number of nitrogens with zero attached hydrogens (tertiary/aromatic N) is 4. The molecule has 0 unspecified atom stereocenters. The van der Waals surface area contributed by atoms with Crippen LogP contribution in [-0.2, 0) is 0 Å². The Kier molecular flexibility index (Phi) is 4.89. The van der Waals surface area contributed by atoms with Gasteiger partial charge in [0.25, 0.3) is 0 Å². The largest absolute Gasteiger partial charge is 0.192 e. The first-order chi connectivity index (χ1) is 9.81. The normalized spacial score (nSPS) is 11.9. The van der Waals surface area contributed by atoms with Crippen molar-refractivity contribution in [2.24, 2.45) is 20.5 Å². The van der Waals surface area contributed by atoms with E-state index in [0.717, 1.165) is 22.5 Å². The molecule has 20 heavy (non-hydrogen) atoms. The van der Waals surface area contributed by atoms with Crippen LogP contribution in [0.2, 0.25) is 0 Å². The smallest absolute Gasteiger partial charge is 0.0852 e. The summed E-state index contributed by atoms with van der Waals surface area (Å²) in [6.07, 6.45) is 4.12. The van der Waals surface area contributed by atoms with Crippen molar-refractivity contribution in [1.82, 2.24) is 0 Å². The monoisotopic (exact) mass is 264 g/mol. The first-order valence-corrected chi connectivity index (χ1v) is 6.30. The lowest BCUT2D eigenvalue weighted by Crippen LogP contribution is -1.73. The third-order valence-electron chi connectivity index (χ3n) is 2.69. The Balaban J connectivity index is 2.08. The molecule has 0 heterocycles. The van der Waals surface area contributed by atoms with Gasteiger partial charge in [0.2, 0.25) is 0 Å². The summed E-state index contributed by atoms with van der Waals surface area (Å²) in [7, 11) is 3.32. The molecule has 2 aromatic rings. The standard InChI is InChI=1S/C16H16N4/c1-17-19-15-9-5-13(6-10-15)3-4-14-7-11-16(12-8-14)20-18-2/h3-12H,1-2H3/b4-3+,19-17?,20-18?. The maximum atomic E-state index is 3.97. The van der Waals surface area contributed by atoms with Crippen molar-refractivity contribution < 1.29 is 0 Å². The van der Waals surface area contributed by atoms with Gasteiger partial charge in [-0.1, -0.05) is 36.4 Å². The van der Waals surface area contributed by atoms with Gasteiger partial charge >= 0.3 is 0 Å². The minimum absolute atomic E-state index is 0.860. The molecule has 0 N–H and O–H groups in total. The topological polar surface area (TPSA) is 49.4 Å². The highest BCUT2D eigenvalue weighted by Gasteiger charge is 1.92. The maximum Gasteiger partial charge on any atom is 0.0852 e. The fourth-order valence-corrected chi connectivity index (χ4v) is 1.73. The molecule has 0 spiro atoms. The second-order valence-corrected chi connectivity index (χ2v) is 4.12. The van der Waals surface area contributed by atoms with Crippen LogP contribution in [0.25, 0.3) is 12.2 Å². The second kappa shape index (κ2) is 7.09. The molecular weight excluding hydrogens is 248 g/mol. The van der Waals surface area contributed by atoms with Gasteiger partial charge in [-0.05, 0) is 35.4 Å². The highest BCUT2D eigenvalue weighted by atomic mass is 15.1. The van der Waals surface area contributed by atoms with Gasteiger partial charge in [0.1, 0.15) is 0 Å². The maximum absolute atomic E-state index is 3.97. The van der Waals surface area contributed by atoms with Crippen LogP contribution in [0.5, 0.6) is 0 Å². The lowest BCUT2D eigenvalue weighted by atomic mass is 10.1. The summed E-state index contributed by atoms with van der Waals surface area (Å²) in [6, 6.07) is 15.8. The molecular formula is C16H16N4. The molecule has 2 rings (SSSR count). The van der Waals surface area contributed by atoms with Gasteiger partial charge in [-0.2, -0.15) is 20.5 Å². The Morgan fingerprint density at radius 2 is 0.950 bits per heavy atom. The van der Waals surface area contributed by atoms with E-state index in [1.165, 1.54) is 0 Å². The molecule has 0 aliphatic rings. The van der Waals surface area contributed by atoms with Crippen molar-refractivity contribution in [3.05, 3.63) is 59.7 Å². The zero-order valence-corrected chi connectivity index (χ0v) is 11.6. The fourth-order valence-electron chi connectivity index (χ4n) is 1.73. The van der Waals surface area contributed by atoms with Crippen molar-refractivity contribution in [2.45, 2.75) is 0 Å². The van der Waals surface area contributed by atoms with Gasteiger partial charge in [0, 0.05) is 14.1 Å². The third-order valence-corrected chi connectivity index (χ3v) is 2.69. The summed E-state index contributed by atoms with van der Waals surface area (Å²) in [6.45, 7) is 0. The minimum Gasteiger partial charge on any atom is -0.192 e. The summed E-state index contributed by atoms with van der Waals surface area (Å²) in [5.74, 6) is 0. The summed E-state index contributed by atoms with van der Waals surface area (Å²) in [5, 5.41) is 15.4. The van der Waals surface area contributed by atoms with E-state index in [2.05, 4.69) is 32.6 Å². The van der Waals surface area contributed by atoms with Gasteiger partial charge in [-0.15, -0.1) is 0 Å². The first kappa shape index (κ1) is 13.8. The number of hydrogen-bond donors (Lipinski definition) is 0. The molecule has 0 saturated heterocycles. The van der Waals surface area contributed by atoms with E-state index in [0.29, 0.717) is 0 Å². The molecule has 0 amide bonds. The SMILES string of the molecule is CN=Nc1ccc(/C=C/c2ccc(N=NC)cc2)cc1. The predicted molar refractivity (Wildman–Crippen MR) is 82.7 cm³/mol.